The van der Waals surface area contributed by atoms with Gasteiger partial charge in [-0.05, 0) is 45.0 Å². The summed E-state index contributed by atoms with van der Waals surface area (Å²) in [5.74, 6) is 0.177. The van der Waals surface area contributed by atoms with E-state index in [4.69, 9.17) is 0 Å². The van der Waals surface area contributed by atoms with Crippen LogP contribution in [0.5, 0.6) is 0 Å². The number of aryl methyl sites for hydroxylation is 1. The van der Waals surface area contributed by atoms with Gasteiger partial charge in [0.2, 0.25) is 5.95 Å². The second-order valence-corrected chi connectivity index (χ2v) is 10.5. The molecule has 0 aliphatic carbocycles. The number of nitrogens with zero attached hydrogens (tertiary/aromatic N) is 5. The van der Waals surface area contributed by atoms with E-state index in [1.807, 2.05) is 25.3 Å². The zero-order valence-corrected chi connectivity index (χ0v) is 19.4. The Hall–Kier alpha value is -3.34. The highest BCUT2D eigenvalue weighted by Crippen LogP contribution is 2.26. The van der Waals surface area contributed by atoms with E-state index in [0.717, 1.165) is 12.0 Å². The van der Waals surface area contributed by atoms with Crippen LogP contribution in [0.2, 0.25) is 0 Å². The predicted molar refractivity (Wildman–Crippen MR) is 123 cm³/mol. The van der Waals surface area contributed by atoms with Crippen molar-refractivity contribution < 1.29 is 17.6 Å². The van der Waals surface area contributed by atoms with Crippen molar-refractivity contribution in [2.24, 2.45) is 0 Å². The molecule has 9 nitrogen and oxygen atoms in total. The molecule has 1 aromatic carbocycles. The summed E-state index contributed by atoms with van der Waals surface area (Å²) >= 11 is 0. The zero-order chi connectivity index (χ0) is 23.8. The summed E-state index contributed by atoms with van der Waals surface area (Å²) in [5, 5.41) is 3.03. The minimum absolute atomic E-state index is 0.0160. The summed E-state index contributed by atoms with van der Waals surface area (Å²) in [6.45, 7) is 6.22. The molecule has 0 atom stereocenters. The first-order valence-electron chi connectivity index (χ1n) is 10.6. The second kappa shape index (κ2) is 8.89. The lowest BCUT2D eigenvalue weighted by Gasteiger charge is -2.26. The Balaban J connectivity index is 1.51. The molecular formula is C22H25FN6O3S. The number of aromatic nitrogens is 4. The van der Waals surface area contributed by atoms with Crippen LogP contribution in [-0.4, -0.2) is 63.3 Å². The topological polar surface area (TPSA) is 110 Å². The lowest BCUT2D eigenvalue weighted by atomic mass is 10.2. The number of hydrogen-bond donors (Lipinski definition) is 1. The Morgan fingerprint density at radius 1 is 1.09 bits per heavy atom. The number of carbonyl (C=O) groups is 1. The van der Waals surface area contributed by atoms with Crippen molar-refractivity contribution >= 4 is 27.4 Å². The molecule has 3 aromatic rings. The number of benzene rings is 1. The van der Waals surface area contributed by atoms with E-state index in [0.29, 0.717) is 16.9 Å². The number of amides is 1. The van der Waals surface area contributed by atoms with Gasteiger partial charge in [0.05, 0.1) is 29.6 Å². The van der Waals surface area contributed by atoms with Crippen LogP contribution in [0.1, 0.15) is 36.1 Å². The molecule has 174 valence electrons. The van der Waals surface area contributed by atoms with Crippen LogP contribution >= 0.6 is 0 Å². The maximum absolute atomic E-state index is 14.5. The highest BCUT2D eigenvalue weighted by molar-refractivity contribution is 7.91. The van der Waals surface area contributed by atoms with Crippen LogP contribution in [-0.2, 0) is 9.84 Å². The first-order valence-corrected chi connectivity index (χ1v) is 12.4. The van der Waals surface area contributed by atoms with Gasteiger partial charge in [0.1, 0.15) is 11.5 Å². The van der Waals surface area contributed by atoms with Gasteiger partial charge in [-0.25, -0.2) is 27.8 Å². The second-order valence-electron chi connectivity index (χ2n) is 8.19. The van der Waals surface area contributed by atoms with E-state index >= 15 is 0 Å². The number of nitrogens with one attached hydrogen (secondary N) is 1. The van der Waals surface area contributed by atoms with Gasteiger partial charge in [0.15, 0.2) is 15.7 Å². The number of halogens is 1. The molecule has 0 saturated carbocycles. The van der Waals surface area contributed by atoms with E-state index in [-0.39, 0.29) is 48.2 Å². The molecular weight excluding hydrogens is 447 g/mol. The highest BCUT2D eigenvalue weighted by Gasteiger charge is 2.25. The first-order chi connectivity index (χ1) is 15.6. The Morgan fingerprint density at radius 2 is 1.76 bits per heavy atom. The highest BCUT2D eigenvalue weighted by atomic mass is 32.2. The molecule has 11 heteroatoms. The third-order valence-electron chi connectivity index (χ3n) is 5.50. The quantitative estimate of drug-likeness (QED) is 0.608. The third kappa shape index (κ3) is 4.87. The molecule has 0 unspecified atom stereocenters. The molecule has 1 saturated heterocycles. The molecule has 4 rings (SSSR count). The van der Waals surface area contributed by atoms with Crippen LogP contribution < -0.4 is 5.32 Å². The predicted octanol–water partition coefficient (Wildman–Crippen LogP) is 2.98. The molecule has 1 aliphatic heterocycles. The minimum atomic E-state index is -3.06. The van der Waals surface area contributed by atoms with Crippen LogP contribution in [0.3, 0.4) is 0 Å². The summed E-state index contributed by atoms with van der Waals surface area (Å²) < 4.78 is 39.6. The number of sulfone groups is 1. The normalized spacial score (nSPS) is 15.6. The Bertz CT molecular complexity index is 1270. The van der Waals surface area contributed by atoms with E-state index in [1.165, 1.54) is 0 Å². The molecule has 1 fully saturated rings. The van der Waals surface area contributed by atoms with E-state index in [2.05, 4.69) is 20.3 Å². The Labute approximate surface area is 191 Å². The smallest absolute Gasteiger partial charge is 0.253 e. The fourth-order valence-corrected chi connectivity index (χ4v) is 5.01. The molecule has 1 amide bonds. The summed E-state index contributed by atoms with van der Waals surface area (Å²) in [5.41, 5.74) is 1.79. The van der Waals surface area contributed by atoms with Gasteiger partial charge in [-0.2, -0.15) is 0 Å². The van der Waals surface area contributed by atoms with Crippen molar-refractivity contribution in [1.82, 2.24) is 24.4 Å². The van der Waals surface area contributed by atoms with Crippen molar-refractivity contribution in [1.29, 1.82) is 0 Å². The largest absolute Gasteiger partial charge is 0.337 e. The lowest BCUT2D eigenvalue weighted by Crippen LogP contribution is -2.43. The van der Waals surface area contributed by atoms with Crippen molar-refractivity contribution in [3.05, 3.63) is 53.9 Å². The van der Waals surface area contributed by atoms with Gasteiger partial charge in [0.25, 0.3) is 5.91 Å². The number of rotatable bonds is 5. The Morgan fingerprint density at radius 3 is 2.39 bits per heavy atom. The fraction of sp³-hybridized carbons (Fsp3) is 0.364. The minimum Gasteiger partial charge on any atom is -0.337 e. The molecule has 0 radical (unpaired) electrons. The van der Waals surface area contributed by atoms with E-state index in [9.17, 15) is 17.6 Å². The average Bonchev–Trinajstić information content (AvgIpc) is 3.16. The standard InChI is InChI=1S/C22H25FN6O3S/c1-14(2)29-15(3)24-13-19(29)20-18(23)12-25-22(27-20)26-17-6-4-16(5-7-17)21(30)28-8-10-33(31,32)11-9-28/h4-7,12-14H,8-11H2,1-3H3,(H,25,26,27). The molecule has 1 N–H and O–H groups in total. The van der Waals surface area contributed by atoms with Crippen LogP contribution in [0.4, 0.5) is 16.0 Å². The van der Waals surface area contributed by atoms with Crippen molar-refractivity contribution in [3.63, 3.8) is 0 Å². The maximum atomic E-state index is 14.5. The molecule has 2 aromatic heterocycles. The SMILES string of the molecule is Cc1ncc(-c2nc(Nc3ccc(C(=O)N4CCS(=O)(=O)CC4)cc3)ncc2F)n1C(C)C. The van der Waals surface area contributed by atoms with Crippen molar-refractivity contribution in [2.45, 2.75) is 26.8 Å². The van der Waals surface area contributed by atoms with E-state index in [1.54, 1.807) is 35.4 Å². The summed E-state index contributed by atoms with van der Waals surface area (Å²) in [7, 11) is -3.06. The van der Waals surface area contributed by atoms with Gasteiger partial charge in [-0.3, -0.25) is 4.79 Å². The van der Waals surface area contributed by atoms with Crippen molar-refractivity contribution in [3.8, 4) is 11.4 Å². The number of anilines is 2. The molecule has 1 aliphatic rings. The number of carbonyl (C=O) groups excluding carboxylic acids is 1. The maximum Gasteiger partial charge on any atom is 0.253 e. The summed E-state index contributed by atoms with van der Waals surface area (Å²) in [4.78, 5) is 26.8. The fourth-order valence-electron chi connectivity index (χ4n) is 3.81. The van der Waals surface area contributed by atoms with E-state index < -0.39 is 15.7 Å². The van der Waals surface area contributed by atoms with Gasteiger partial charge >= 0.3 is 0 Å². The Kier molecular flexibility index (Phi) is 6.15. The van der Waals surface area contributed by atoms with Gasteiger partial charge < -0.3 is 14.8 Å². The monoisotopic (exact) mass is 472 g/mol. The zero-order valence-electron chi connectivity index (χ0n) is 18.6. The summed E-state index contributed by atoms with van der Waals surface area (Å²) in [6, 6.07) is 6.77. The summed E-state index contributed by atoms with van der Waals surface area (Å²) in [6.07, 6.45) is 2.71. The van der Waals surface area contributed by atoms with Crippen LogP contribution in [0, 0.1) is 12.7 Å². The molecule has 3 heterocycles. The molecule has 0 spiro atoms. The van der Waals surface area contributed by atoms with Gasteiger partial charge in [0, 0.05) is 30.4 Å². The van der Waals surface area contributed by atoms with Crippen LogP contribution in [0.15, 0.2) is 36.7 Å². The first kappa shape index (κ1) is 22.8. The van der Waals surface area contributed by atoms with Crippen LogP contribution in [0.25, 0.3) is 11.4 Å². The molecule has 33 heavy (non-hydrogen) atoms. The number of hydrogen-bond acceptors (Lipinski definition) is 7. The van der Waals surface area contributed by atoms with Gasteiger partial charge in [-0.15, -0.1) is 0 Å². The number of imidazole rings is 1. The van der Waals surface area contributed by atoms with Crippen molar-refractivity contribution in [2.75, 3.05) is 29.9 Å². The van der Waals surface area contributed by atoms with Gasteiger partial charge in [-0.1, -0.05) is 0 Å². The lowest BCUT2D eigenvalue weighted by molar-refractivity contribution is 0.0770. The average molecular weight is 473 g/mol. The third-order valence-corrected chi connectivity index (χ3v) is 7.11. The molecule has 0 bridgehead atoms.